The van der Waals surface area contributed by atoms with Crippen molar-refractivity contribution in [1.29, 1.82) is 0 Å². The first kappa shape index (κ1) is 14.9. The molecule has 0 saturated carbocycles. The van der Waals surface area contributed by atoms with Crippen LogP contribution in [0.25, 0.3) is 0 Å². The molecule has 6 heteroatoms. The standard InChI is InChI=1S/C18H20N4O2/c23-17(13-20-11-14-5-1-2-7-16(14)18(20)24)22-10-3-6-15(22)12-21-9-4-8-19-21/h1-2,4-5,7-9,15H,3,6,10-13H2/t15-/m1/s1. The van der Waals surface area contributed by atoms with Crippen LogP contribution in [0.4, 0.5) is 0 Å². The zero-order chi connectivity index (χ0) is 16.5. The van der Waals surface area contributed by atoms with Crippen LogP contribution in [-0.2, 0) is 17.9 Å². The summed E-state index contributed by atoms with van der Waals surface area (Å²) < 4.78 is 1.87. The molecule has 3 heterocycles. The van der Waals surface area contributed by atoms with E-state index in [4.69, 9.17) is 0 Å². The second kappa shape index (κ2) is 6.11. The molecule has 0 radical (unpaired) electrons. The Morgan fingerprint density at radius 1 is 1.25 bits per heavy atom. The maximum atomic E-state index is 12.7. The predicted molar refractivity (Wildman–Crippen MR) is 88.1 cm³/mol. The lowest BCUT2D eigenvalue weighted by molar-refractivity contribution is -0.133. The molecule has 0 aliphatic carbocycles. The molecule has 124 valence electrons. The average Bonchev–Trinajstić information content (AvgIpc) is 3.31. The van der Waals surface area contributed by atoms with Gasteiger partial charge in [0.15, 0.2) is 0 Å². The van der Waals surface area contributed by atoms with Crippen LogP contribution in [0.15, 0.2) is 42.7 Å². The Hall–Kier alpha value is -2.63. The summed E-state index contributed by atoms with van der Waals surface area (Å²) in [6.07, 6.45) is 5.66. The number of nitrogens with zero attached hydrogens (tertiary/aromatic N) is 4. The van der Waals surface area contributed by atoms with E-state index >= 15 is 0 Å². The van der Waals surface area contributed by atoms with Gasteiger partial charge in [-0.2, -0.15) is 5.10 Å². The number of carbonyl (C=O) groups is 2. The van der Waals surface area contributed by atoms with Crippen molar-refractivity contribution in [2.45, 2.75) is 32.0 Å². The van der Waals surface area contributed by atoms with Crippen molar-refractivity contribution in [2.75, 3.05) is 13.1 Å². The van der Waals surface area contributed by atoms with E-state index in [0.29, 0.717) is 13.1 Å². The van der Waals surface area contributed by atoms with E-state index in [1.807, 2.05) is 46.1 Å². The molecule has 2 aromatic rings. The largest absolute Gasteiger partial charge is 0.336 e. The third kappa shape index (κ3) is 2.68. The van der Waals surface area contributed by atoms with Gasteiger partial charge in [-0.15, -0.1) is 0 Å². The van der Waals surface area contributed by atoms with Crippen molar-refractivity contribution < 1.29 is 9.59 Å². The molecule has 0 bridgehead atoms. The molecule has 1 fully saturated rings. The van der Waals surface area contributed by atoms with Gasteiger partial charge in [-0.05, 0) is 30.5 Å². The number of likely N-dealkylation sites (tertiary alicyclic amines) is 1. The van der Waals surface area contributed by atoms with Gasteiger partial charge in [-0.25, -0.2) is 0 Å². The zero-order valence-corrected chi connectivity index (χ0v) is 13.5. The molecule has 4 rings (SSSR count). The molecule has 2 aliphatic rings. The van der Waals surface area contributed by atoms with E-state index in [2.05, 4.69) is 5.10 Å². The minimum absolute atomic E-state index is 0.0332. The minimum atomic E-state index is -0.0400. The second-order valence-corrected chi connectivity index (χ2v) is 6.43. The Kier molecular flexibility index (Phi) is 3.80. The van der Waals surface area contributed by atoms with Crippen LogP contribution in [0.3, 0.4) is 0 Å². The maximum absolute atomic E-state index is 12.7. The monoisotopic (exact) mass is 324 g/mol. The van der Waals surface area contributed by atoms with E-state index in [-0.39, 0.29) is 24.4 Å². The number of carbonyl (C=O) groups excluding carboxylic acids is 2. The Balaban J connectivity index is 1.42. The Morgan fingerprint density at radius 2 is 2.12 bits per heavy atom. The van der Waals surface area contributed by atoms with Crippen LogP contribution in [-0.4, -0.2) is 50.5 Å². The first-order valence-corrected chi connectivity index (χ1v) is 8.36. The summed E-state index contributed by atoms with van der Waals surface area (Å²) in [7, 11) is 0. The van der Waals surface area contributed by atoms with Crippen LogP contribution in [0, 0.1) is 0 Å². The molecular weight excluding hydrogens is 304 g/mol. The van der Waals surface area contributed by atoms with Gasteiger partial charge < -0.3 is 9.80 Å². The SMILES string of the molecule is O=C1c2ccccc2CN1CC(=O)N1CCC[C@@H]1Cn1cccn1. The highest BCUT2D eigenvalue weighted by molar-refractivity contribution is 6.00. The Labute approximate surface area is 140 Å². The molecule has 1 atom stereocenters. The van der Waals surface area contributed by atoms with Gasteiger partial charge in [0, 0.05) is 31.0 Å². The van der Waals surface area contributed by atoms with Gasteiger partial charge in [0.2, 0.25) is 5.91 Å². The highest BCUT2D eigenvalue weighted by Crippen LogP contribution is 2.24. The minimum Gasteiger partial charge on any atom is -0.336 e. The summed E-state index contributed by atoms with van der Waals surface area (Å²) in [6.45, 7) is 2.16. The van der Waals surface area contributed by atoms with Crippen LogP contribution in [0.1, 0.15) is 28.8 Å². The molecule has 0 N–H and O–H groups in total. The Bertz CT molecular complexity index is 756. The maximum Gasteiger partial charge on any atom is 0.254 e. The van der Waals surface area contributed by atoms with Gasteiger partial charge in [-0.3, -0.25) is 14.3 Å². The van der Waals surface area contributed by atoms with Crippen LogP contribution < -0.4 is 0 Å². The van der Waals surface area contributed by atoms with Crippen molar-refractivity contribution in [3.8, 4) is 0 Å². The molecule has 0 spiro atoms. The number of hydrogen-bond donors (Lipinski definition) is 0. The molecule has 1 aromatic heterocycles. The molecule has 24 heavy (non-hydrogen) atoms. The van der Waals surface area contributed by atoms with Gasteiger partial charge in [0.1, 0.15) is 6.54 Å². The van der Waals surface area contributed by atoms with Crippen molar-refractivity contribution in [2.24, 2.45) is 0 Å². The fourth-order valence-corrected chi connectivity index (χ4v) is 3.67. The van der Waals surface area contributed by atoms with Gasteiger partial charge in [-0.1, -0.05) is 18.2 Å². The average molecular weight is 324 g/mol. The molecule has 0 unspecified atom stereocenters. The van der Waals surface area contributed by atoms with Crippen molar-refractivity contribution >= 4 is 11.8 Å². The van der Waals surface area contributed by atoms with Crippen LogP contribution >= 0.6 is 0 Å². The third-order valence-corrected chi connectivity index (χ3v) is 4.88. The molecular formula is C18H20N4O2. The number of rotatable bonds is 4. The molecule has 1 aromatic carbocycles. The molecule has 6 nitrogen and oxygen atoms in total. The quantitative estimate of drug-likeness (QED) is 0.857. The van der Waals surface area contributed by atoms with Gasteiger partial charge in [0.05, 0.1) is 12.6 Å². The van der Waals surface area contributed by atoms with E-state index in [1.54, 1.807) is 11.1 Å². The number of benzene rings is 1. The van der Waals surface area contributed by atoms with Crippen molar-refractivity contribution in [3.63, 3.8) is 0 Å². The predicted octanol–water partition coefficient (Wildman–Crippen LogP) is 1.53. The fraction of sp³-hybridized carbons (Fsp3) is 0.389. The lowest BCUT2D eigenvalue weighted by Gasteiger charge is -2.27. The third-order valence-electron chi connectivity index (χ3n) is 4.88. The topological polar surface area (TPSA) is 58.4 Å². The summed E-state index contributed by atoms with van der Waals surface area (Å²) in [6, 6.07) is 9.63. The van der Waals surface area contributed by atoms with Crippen LogP contribution in [0.5, 0.6) is 0 Å². The lowest BCUT2D eigenvalue weighted by Crippen LogP contribution is -2.44. The van der Waals surface area contributed by atoms with E-state index in [0.717, 1.165) is 30.5 Å². The number of fused-ring (bicyclic) bond motifs is 1. The summed E-state index contributed by atoms with van der Waals surface area (Å²) >= 11 is 0. The summed E-state index contributed by atoms with van der Waals surface area (Å²) in [4.78, 5) is 28.7. The van der Waals surface area contributed by atoms with Crippen molar-refractivity contribution in [3.05, 3.63) is 53.9 Å². The highest BCUT2D eigenvalue weighted by atomic mass is 16.2. The van der Waals surface area contributed by atoms with E-state index in [1.165, 1.54) is 0 Å². The summed E-state index contributed by atoms with van der Waals surface area (Å²) in [5.41, 5.74) is 1.73. The normalized spacial score (nSPS) is 19.8. The number of amides is 2. The lowest BCUT2D eigenvalue weighted by atomic mass is 10.1. The highest BCUT2D eigenvalue weighted by Gasteiger charge is 2.33. The summed E-state index contributed by atoms with van der Waals surface area (Å²) in [5.74, 6) is -0.00687. The Morgan fingerprint density at radius 3 is 2.92 bits per heavy atom. The van der Waals surface area contributed by atoms with E-state index in [9.17, 15) is 9.59 Å². The number of hydrogen-bond acceptors (Lipinski definition) is 3. The molecule has 2 amide bonds. The van der Waals surface area contributed by atoms with E-state index < -0.39 is 0 Å². The second-order valence-electron chi connectivity index (χ2n) is 6.43. The summed E-state index contributed by atoms with van der Waals surface area (Å²) in [5, 5.41) is 4.23. The van der Waals surface area contributed by atoms with Gasteiger partial charge >= 0.3 is 0 Å². The molecule has 2 aliphatic heterocycles. The fourth-order valence-electron chi connectivity index (χ4n) is 3.67. The number of aromatic nitrogens is 2. The van der Waals surface area contributed by atoms with Crippen molar-refractivity contribution in [1.82, 2.24) is 19.6 Å². The first-order chi connectivity index (χ1) is 11.7. The zero-order valence-electron chi connectivity index (χ0n) is 13.5. The van der Waals surface area contributed by atoms with Gasteiger partial charge in [0.25, 0.3) is 5.91 Å². The molecule has 1 saturated heterocycles. The van der Waals surface area contributed by atoms with Crippen LogP contribution in [0.2, 0.25) is 0 Å². The first-order valence-electron chi connectivity index (χ1n) is 8.36. The smallest absolute Gasteiger partial charge is 0.254 e.